The topological polar surface area (TPSA) is 87.7 Å². The molecule has 0 radical (unpaired) electrons. The quantitative estimate of drug-likeness (QED) is 0.474. The van der Waals surface area contributed by atoms with Crippen LogP contribution in [0.25, 0.3) is 0 Å². The molecular formula is C23H38ClF2N3O4S. The molecule has 2 aliphatic carbocycles. The van der Waals surface area contributed by atoms with Gasteiger partial charge in [0, 0.05) is 31.6 Å². The number of hydrogen-bond acceptors (Lipinski definition) is 6. The van der Waals surface area contributed by atoms with E-state index >= 15 is 0 Å². The zero-order valence-corrected chi connectivity index (χ0v) is 21.2. The molecule has 2 aliphatic heterocycles. The lowest BCUT2D eigenvalue weighted by Crippen LogP contribution is -2.49. The second kappa shape index (κ2) is 11.7. The fraction of sp³-hybridized carbons (Fsp3) is 0.957. The number of nitrogens with one attached hydrogen (secondary N) is 2. The van der Waals surface area contributed by atoms with Crippen LogP contribution in [0, 0.1) is 11.8 Å². The Balaban J connectivity index is 1.24. The van der Waals surface area contributed by atoms with Crippen LogP contribution in [0.3, 0.4) is 0 Å². The van der Waals surface area contributed by atoms with E-state index in [1.165, 1.54) is 0 Å². The maximum absolute atomic E-state index is 13.4. The fourth-order valence-electron chi connectivity index (χ4n) is 6.20. The summed E-state index contributed by atoms with van der Waals surface area (Å²) in [6, 6.07) is 0. The Morgan fingerprint density at radius 1 is 1.12 bits per heavy atom. The van der Waals surface area contributed by atoms with Gasteiger partial charge >= 0.3 is 0 Å². The maximum atomic E-state index is 13.4. The minimum Gasteiger partial charge on any atom is -0.371 e. The number of rotatable bonds is 8. The van der Waals surface area contributed by atoms with Crippen molar-refractivity contribution in [3.05, 3.63) is 0 Å². The van der Waals surface area contributed by atoms with Crippen LogP contribution in [0.1, 0.15) is 57.8 Å². The predicted molar refractivity (Wildman–Crippen MR) is 127 cm³/mol. The summed E-state index contributed by atoms with van der Waals surface area (Å²) < 4.78 is 57.4. The first-order valence-electron chi connectivity index (χ1n) is 12.8. The molecule has 11 heteroatoms. The molecule has 4 aliphatic rings. The summed E-state index contributed by atoms with van der Waals surface area (Å²) in [6.45, 7) is 2.61. The van der Waals surface area contributed by atoms with Crippen molar-refractivity contribution in [3.63, 3.8) is 0 Å². The first kappa shape index (κ1) is 26.5. The van der Waals surface area contributed by atoms with Crippen LogP contribution in [0.4, 0.5) is 8.78 Å². The Labute approximate surface area is 206 Å². The summed E-state index contributed by atoms with van der Waals surface area (Å²) in [5.74, 6) is 0.389. The van der Waals surface area contributed by atoms with Gasteiger partial charge in [-0.05, 0) is 63.7 Å². The van der Waals surface area contributed by atoms with Crippen molar-refractivity contribution < 1.29 is 26.7 Å². The number of sulfone groups is 1. The highest BCUT2D eigenvalue weighted by Gasteiger charge is 2.44. The van der Waals surface area contributed by atoms with Crippen LogP contribution in [0.2, 0.25) is 0 Å². The van der Waals surface area contributed by atoms with Gasteiger partial charge in [0.2, 0.25) is 5.91 Å². The van der Waals surface area contributed by atoms with Crippen molar-refractivity contribution in [2.24, 2.45) is 11.8 Å². The van der Waals surface area contributed by atoms with Gasteiger partial charge in [0.15, 0.2) is 9.84 Å². The molecule has 4 fully saturated rings. The normalized spacial score (nSPS) is 37.5. The lowest BCUT2D eigenvalue weighted by molar-refractivity contribution is -0.127. The number of alkyl halides is 3. The highest BCUT2D eigenvalue weighted by Crippen LogP contribution is 2.37. The first-order chi connectivity index (χ1) is 16.2. The Bertz CT molecular complexity index is 797. The Morgan fingerprint density at radius 3 is 2.62 bits per heavy atom. The van der Waals surface area contributed by atoms with Gasteiger partial charge in [-0.25, -0.2) is 17.2 Å². The van der Waals surface area contributed by atoms with Gasteiger partial charge in [0.05, 0.1) is 28.7 Å². The number of halogens is 3. The van der Waals surface area contributed by atoms with Gasteiger partial charge in [-0.1, -0.05) is 0 Å². The van der Waals surface area contributed by atoms with E-state index in [1.807, 2.05) is 0 Å². The van der Waals surface area contributed by atoms with E-state index in [9.17, 15) is 22.0 Å². The molecular weight excluding hydrogens is 488 g/mol. The Hall–Kier alpha value is -0.550. The molecule has 2 saturated heterocycles. The molecule has 5 atom stereocenters. The number of hydrogen-bond donors (Lipinski definition) is 2. The van der Waals surface area contributed by atoms with E-state index in [2.05, 4.69) is 15.5 Å². The van der Waals surface area contributed by atoms with Crippen LogP contribution in [-0.4, -0.2) is 86.6 Å². The van der Waals surface area contributed by atoms with Gasteiger partial charge in [0.1, 0.15) is 6.61 Å². The van der Waals surface area contributed by atoms with Gasteiger partial charge in [-0.2, -0.15) is 0 Å². The monoisotopic (exact) mass is 525 g/mol. The highest BCUT2D eigenvalue weighted by molar-refractivity contribution is 7.92. The molecule has 4 rings (SSSR count). The molecule has 0 aromatic carbocycles. The molecule has 2 heterocycles. The van der Waals surface area contributed by atoms with E-state index in [0.717, 1.165) is 45.3 Å². The zero-order chi connectivity index (χ0) is 24.3. The maximum Gasteiger partial charge on any atom is 0.261 e. The van der Waals surface area contributed by atoms with Crippen LogP contribution >= 0.6 is 11.6 Å². The van der Waals surface area contributed by atoms with Crippen LogP contribution < -0.4 is 10.6 Å². The van der Waals surface area contributed by atoms with Gasteiger partial charge in [-0.15, -0.1) is 11.6 Å². The summed E-state index contributed by atoms with van der Waals surface area (Å²) in [5, 5.41) is 4.98. The number of amides is 1. The molecule has 5 unspecified atom stereocenters. The molecule has 1 amide bonds. The molecule has 34 heavy (non-hydrogen) atoms. The van der Waals surface area contributed by atoms with E-state index in [1.54, 1.807) is 0 Å². The first-order valence-corrected chi connectivity index (χ1v) is 14.8. The SMILES string of the molecule is O=C(NCC1CCC(S(=O)(=O)C2CC(Cl)CCC2OCC(F)F)CC1)C1CCC2NCCN2C1. The average molecular weight is 526 g/mol. The number of fused-ring (bicyclic) bond motifs is 1. The zero-order valence-electron chi connectivity index (χ0n) is 19.6. The molecule has 0 aromatic heterocycles. The third-order valence-corrected chi connectivity index (χ3v) is 11.3. The summed E-state index contributed by atoms with van der Waals surface area (Å²) in [7, 11) is -3.55. The number of carbonyl (C=O) groups is 1. The number of carbonyl (C=O) groups excluding carboxylic acids is 1. The lowest BCUT2D eigenvalue weighted by Gasteiger charge is -2.37. The summed E-state index contributed by atoms with van der Waals surface area (Å²) >= 11 is 6.26. The Kier molecular flexibility index (Phi) is 9.10. The predicted octanol–water partition coefficient (Wildman–Crippen LogP) is 2.53. The van der Waals surface area contributed by atoms with Crippen molar-refractivity contribution in [3.8, 4) is 0 Å². The van der Waals surface area contributed by atoms with Crippen molar-refractivity contribution in [2.45, 2.75) is 92.4 Å². The van der Waals surface area contributed by atoms with Crippen LogP contribution in [-0.2, 0) is 19.4 Å². The van der Waals surface area contributed by atoms with Gasteiger partial charge in [0.25, 0.3) is 6.43 Å². The fourth-order valence-corrected chi connectivity index (χ4v) is 9.18. The van der Waals surface area contributed by atoms with E-state index in [0.29, 0.717) is 38.4 Å². The smallest absolute Gasteiger partial charge is 0.261 e. The molecule has 2 N–H and O–H groups in total. The average Bonchev–Trinajstić information content (AvgIpc) is 3.30. The Morgan fingerprint density at radius 2 is 1.88 bits per heavy atom. The minimum absolute atomic E-state index is 0.0211. The van der Waals surface area contributed by atoms with E-state index < -0.39 is 39.5 Å². The molecule has 196 valence electrons. The lowest BCUT2D eigenvalue weighted by atomic mass is 9.88. The highest BCUT2D eigenvalue weighted by atomic mass is 35.5. The largest absolute Gasteiger partial charge is 0.371 e. The van der Waals surface area contributed by atoms with Crippen LogP contribution in [0.5, 0.6) is 0 Å². The summed E-state index contributed by atoms with van der Waals surface area (Å²) in [6.07, 6.45) is 2.69. The standard InChI is InChI=1S/C23H38ClF2N3O4S/c24-17-4-7-19(33-14-21(25)26)20(11-17)34(31,32)18-5-1-15(2-6-18)12-28-23(30)16-3-8-22-27-9-10-29(22)13-16/h15-22,27H,1-14H2,(H,28,30). The van der Waals surface area contributed by atoms with Crippen molar-refractivity contribution in [2.75, 3.05) is 32.8 Å². The molecule has 7 nitrogen and oxygen atoms in total. The third-order valence-electron chi connectivity index (χ3n) is 8.18. The second-order valence-electron chi connectivity index (χ2n) is 10.4. The van der Waals surface area contributed by atoms with Gasteiger partial charge < -0.3 is 15.4 Å². The second-order valence-corrected chi connectivity index (χ2v) is 13.5. The van der Waals surface area contributed by atoms with Crippen molar-refractivity contribution in [1.29, 1.82) is 0 Å². The minimum atomic E-state index is -3.55. The third kappa shape index (κ3) is 6.41. The van der Waals surface area contributed by atoms with E-state index in [-0.39, 0.29) is 29.5 Å². The molecule has 0 bridgehead atoms. The molecule has 0 aromatic rings. The van der Waals surface area contributed by atoms with Crippen LogP contribution in [0.15, 0.2) is 0 Å². The number of ether oxygens (including phenoxy) is 1. The van der Waals surface area contributed by atoms with Crippen molar-refractivity contribution in [1.82, 2.24) is 15.5 Å². The number of piperidine rings is 1. The molecule has 0 spiro atoms. The molecule has 2 saturated carbocycles. The van der Waals surface area contributed by atoms with Gasteiger partial charge in [-0.3, -0.25) is 9.69 Å². The summed E-state index contributed by atoms with van der Waals surface area (Å²) in [4.78, 5) is 15.0. The number of nitrogens with zero attached hydrogens (tertiary/aromatic N) is 1. The summed E-state index contributed by atoms with van der Waals surface area (Å²) in [5.41, 5.74) is 0. The van der Waals surface area contributed by atoms with Crippen molar-refractivity contribution >= 4 is 27.3 Å². The van der Waals surface area contributed by atoms with E-state index in [4.69, 9.17) is 16.3 Å².